The largest absolute Gasteiger partial charge is 0.496 e. The fourth-order valence-electron chi connectivity index (χ4n) is 1.75. The predicted molar refractivity (Wildman–Crippen MR) is 72.9 cm³/mol. The van der Waals surface area contributed by atoms with Crippen LogP contribution < -0.4 is 10.5 Å². The molecule has 1 aromatic heterocycles. The molecule has 94 valence electrons. The number of methoxy groups -OCH3 is 1. The van der Waals surface area contributed by atoms with E-state index in [1.807, 2.05) is 32.0 Å². The third-order valence-electron chi connectivity index (χ3n) is 2.63. The van der Waals surface area contributed by atoms with Gasteiger partial charge in [-0.2, -0.15) is 0 Å². The minimum atomic E-state index is 0.240. The van der Waals surface area contributed by atoms with E-state index in [-0.39, 0.29) is 5.95 Å². The van der Waals surface area contributed by atoms with Gasteiger partial charge >= 0.3 is 0 Å². The van der Waals surface area contributed by atoms with Gasteiger partial charge in [0.05, 0.1) is 12.8 Å². The van der Waals surface area contributed by atoms with Crippen LogP contribution in [0.1, 0.15) is 11.3 Å². The Morgan fingerprint density at radius 3 is 2.50 bits per heavy atom. The lowest BCUT2D eigenvalue weighted by Crippen LogP contribution is -1.99. The van der Waals surface area contributed by atoms with Gasteiger partial charge in [-0.3, -0.25) is 0 Å². The molecule has 2 N–H and O–H groups in total. The molecule has 0 aliphatic heterocycles. The van der Waals surface area contributed by atoms with E-state index in [0.29, 0.717) is 10.7 Å². The first kappa shape index (κ1) is 12.6. The molecule has 5 heteroatoms. The SMILES string of the molecule is COc1cc(C)c(Cl)cc1-c1cc(C)nc(N)n1. The molecule has 18 heavy (non-hydrogen) atoms. The second-order valence-corrected chi connectivity index (χ2v) is 4.46. The van der Waals surface area contributed by atoms with Gasteiger partial charge in [-0.25, -0.2) is 9.97 Å². The second kappa shape index (κ2) is 4.82. The summed E-state index contributed by atoms with van der Waals surface area (Å²) in [6.07, 6.45) is 0. The average molecular weight is 264 g/mol. The van der Waals surface area contributed by atoms with E-state index in [1.165, 1.54) is 0 Å². The highest BCUT2D eigenvalue weighted by atomic mass is 35.5. The third-order valence-corrected chi connectivity index (χ3v) is 3.04. The van der Waals surface area contributed by atoms with Gasteiger partial charge in [0.25, 0.3) is 0 Å². The molecule has 0 saturated heterocycles. The number of halogens is 1. The number of hydrogen-bond donors (Lipinski definition) is 1. The van der Waals surface area contributed by atoms with Gasteiger partial charge in [0.15, 0.2) is 0 Å². The monoisotopic (exact) mass is 263 g/mol. The van der Waals surface area contributed by atoms with E-state index < -0.39 is 0 Å². The fraction of sp³-hybridized carbons (Fsp3) is 0.231. The Labute approximate surface area is 111 Å². The summed E-state index contributed by atoms with van der Waals surface area (Å²) in [5.74, 6) is 0.957. The van der Waals surface area contributed by atoms with Crippen molar-refractivity contribution in [1.82, 2.24) is 9.97 Å². The molecular weight excluding hydrogens is 250 g/mol. The molecule has 2 rings (SSSR count). The highest BCUT2D eigenvalue weighted by molar-refractivity contribution is 6.31. The maximum absolute atomic E-state index is 6.14. The number of aryl methyl sites for hydroxylation is 2. The van der Waals surface area contributed by atoms with Crippen molar-refractivity contribution >= 4 is 17.5 Å². The Morgan fingerprint density at radius 1 is 1.17 bits per heavy atom. The Kier molecular flexibility index (Phi) is 3.39. The smallest absolute Gasteiger partial charge is 0.220 e. The standard InChI is InChI=1S/C13H14ClN3O/c1-7-4-12(18-3)9(6-10(7)14)11-5-8(2)16-13(15)17-11/h4-6H,1-3H3,(H2,15,16,17). The molecule has 0 fully saturated rings. The summed E-state index contributed by atoms with van der Waals surface area (Å²) in [6, 6.07) is 5.56. The maximum atomic E-state index is 6.14. The lowest BCUT2D eigenvalue weighted by atomic mass is 10.1. The molecule has 0 unspecified atom stereocenters. The first-order valence-electron chi connectivity index (χ1n) is 5.47. The van der Waals surface area contributed by atoms with Crippen molar-refractivity contribution in [2.24, 2.45) is 0 Å². The summed E-state index contributed by atoms with van der Waals surface area (Å²) >= 11 is 6.14. The Hall–Kier alpha value is -1.81. The summed E-state index contributed by atoms with van der Waals surface area (Å²) in [5, 5.41) is 0.667. The highest BCUT2D eigenvalue weighted by Crippen LogP contribution is 2.34. The molecule has 0 saturated carbocycles. The van der Waals surface area contributed by atoms with Gasteiger partial charge in [0.1, 0.15) is 5.75 Å². The Bertz CT molecular complexity index is 579. The molecule has 0 aliphatic rings. The van der Waals surface area contributed by atoms with Crippen molar-refractivity contribution in [2.45, 2.75) is 13.8 Å². The van der Waals surface area contributed by atoms with Crippen LogP contribution >= 0.6 is 11.6 Å². The van der Waals surface area contributed by atoms with Crippen LogP contribution in [0.2, 0.25) is 5.02 Å². The van der Waals surface area contributed by atoms with Crippen molar-refractivity contribution in [1.29, 1.82) is 0 Å². The first-order valence-corrected chi connectivity index (χ1v) is 5.84. The number of hydrogen-bond acceptors (Lipinski definition) is 4. The second-order valence-electron chi connectivity index (χ2n) is 4.05. The minimum absolute atomic E-state index is 0.240. The van der Waals surface area contributed by atoms with E-state index in [1.54, 1.807) is 7.11 Å². The van der Waals surface area contributed by atoms with Gasteiger partial charge in [-0.05, 0) is 37.6 Å². The lowest BCUT2D eigenvalue weighted by molar-refractivity contribution is 0.416. The predicted octanol–water partition coefficient (Wildman–Crippen LogP) is 3.00. The van der Waals surface area contributed by atoms with Crippen molar-refractivity contribution in [3.05, 3.63) is 34.5 Å². The zero-order chi connectivity index (χ0) is 13.3. The van der Waals surface area contributed by atoms with Crippen LogP contribution in [-0.4, -0.2) is 17.1 Å². The number of anilines is 1. The quantitative estimate of drug-likeness (QED) is 0.905. The van der Waals surface area contributed by atoms with E-state index in [2.05, 4.69) is 9.97 Å². The lowest BCUT2D eigenvalue weighted by Gasteiger charge is -2.11. The molecule has 0 bridgehead atoms. The number of nitrogen functional groups attached to an aromatic ring is 1. The summed E-state index contributed by atoms with van der Waals surface area (Å²) in [7, 11) is 1.61. The Morgan fingerprint density at radius 2 is 1.89 bits per heavy atom. The summed E-state index contributed by atoms with van der Waals surface area (Å²) < 4.78 is 5.36. The van der Waals surface area contributed by atoms with Gasteiger partial charge in [0, 0.05) is 16.3 Å². The summed E-state index contributed by atoms with van der Waals surface area (Å²) in [6.45, 7) is 3.79. The van der Waals surface area contributed by atoms with Crippen molar-refractivity contribution < 1.29 is 4.74 Å². The average Bonchev–Trinajstić information content (AvgIpc) is 2.30. The number of nitrogens with zero attached hydrogens (tertiary/aromatic N) is 2. The number of aromatic nitrogens is 2. The van der Waals surface area contributed by atoms with Crippen molar-refractivity contribution in [3.8, 4) is 17.0 Å². The zero-order valence-corrected chi connectivity index (χ0v) is 11.2. The maximum Gasteiger partial charge on any atom is 0.220 e. The number of benzene rings is 1. The number of rotatable bonds is 2. The van der Waals surface area contributed by atoms with Crippen molar-refractivity contribution in [2.75, 3.05) is 12.8 Å². The molecule has 0 spiro atoms. The number of ether oxygens (including phenoxy) is 1. The minimum Gasteiger partial charge on any atom is -0.496 e. The van der Waals surface area contributed by atoms with Crippen LogP contribution in [0.15, 0.2) is 18.2 Å². The molecule has 0 aliphatic carbocycles. The van der Waals surface area contributed by atoms with Gasteiger partial charge in [0.2, 0.25) is 5.95 Å². The van der Waals surface area contributed by atoms with Gasteiger partial charge in [-0.15, -0.1) is 0 Å². The molecule has 0 atom stereocenters. The molecule has 1 heterocycles. The molecule has 4 nitrogen and oxygen atoms in total. The van der Waals surface area contributed by atoms with Crippen molar-refractivity contribution in [3.63, 3.8) is 0 Å². The van der Waals surface area contributed by atoms with E-state index in [4.69, 9.17) is 22.1 Å². The van der Waals surface area contributed by atoms with Crippen LogP contribution in [0.3, 0.4) is 0 Å². The Balaban J connectivity index is 2.65. The van der Waals surface area contributed by atoms with Gasteiger partial charge in [-0.1, -0.05) is 11.6 Å². The highest BCUT2D eigenvalue weighted by Gasteiger charge is 2.11. The first-order chi connectivity index (χ1) is 8.51. The summed E-state index contributed by atoms with van der Waals surface area (Å²) in [5.41, 5.74) is 8.93. The normalized spacial score (nSPS) is 10.4. The van der Waals surface area contributed by atoms with Crippen LogP contribution in [0.4, 0.5) is 5.95 Å². The molecule has 0 radical (unpaired) electrons. The molecule has 0 amide bonds. The van der Waals surface area contributed by atoms with E-state index in [9.17, 15) is 0 Å². The van der Waals surface area contributed by atoms with Crippen LogP contribution in [-0.2, 0) is 0 Å². The molecule has 1 aromatic carbocycles. The molecule has 2 aromatic rings. The van der Waals surface area contributed by atoms with E-state index in [0.717, 1.165) is 22.6 Å². The fourth-order valence-corrected chi connectivity index (χ4v) is 1.92. The number of nitrogens with two attached hydrogens (primary N) is 1. The van der Waals surface area contributed by atoms with E-state index >= 15 is 0 Å². The molecular formula is C13H14ClN3O. The topological polar surface area (TPSA) is 61.0 Å². The van der Waals surface area contributed by atoms with Crippen LogP contribution in [0.25, 0.3) is 11.3 Å². The zero-order valence-electron chi connectivity index (χ0n) is 10.5. The third kappa shape index (κ3) is 2.38. The van der Waals surface area contributed by atoms with Gasteiger partial charge < -0.3 is 10.5 Å². The van der Waals surface area contributed by atoms with Crippen LogP contribution in [0.5, 0.6) is 5.75 Å². The summed E-state index contributed by atoms with van der Waals surface area (Å²) in [4.78, 5) is 8.26. The van der Waals surface area contributed by atoms with Crippen LogP contribution in [0, 0.1) is 13.8 Å².